The van der Waals surface area contributed by atoms with Crippen LogP contribution in [0.1, 0.15) is 46.0 Å². The Hall–Kier alpha value is -1.04. The van der Waals surface area contributed by atoms with Gasteiger partial charge in [-0.1, -0.05) is 23.3 Å². The predicted molar refractivity (Wildman–Crippen MR) is 72.5 cm³/mol. The van der Waals surface area contributed by atoms with Crippen molar-refractivity contribution in [2.24, 2.45) is 0 Å². The van der Waals surface area contributed by atoms with E-state index in [0.717, 1.165) is 25.7 Å². The molecule has 0 radical (unpaired) electrons. The molecule has 0 aliphatic carbocycles. The van der Waals surface area contributed by atoms with E-state index in [1.165, 1.54) is 11.1 Å². The van der Waals surface area contributed by atoms with Crippen molar-refractivity contribution < 1.29 is 10.2 Å². The lowest BCUT2D eigenvalue weighted by molar-refractivity contribution is 0.170. The highest BCUT2D eigenvalue weighted by Gasteiger charge is 2.01. The third kappa shape index (κ3) is 9.86. The minimum Gasteiger partial charge on any atom is -0.392 e. The van der Waals surface area contributed by atoms with Crippen LogP contribution < -0.4 is 0 Å². The third-order valence-electron chi connectivity index (χ3n) is 2.70. The molecule has 0 spiro atoms. The average Bonchev–Trinajstić information content (AvgIpc) is 2.27. The van der Waals surface area contributed by atoms with E-state index in [2.05, 4.69) is 18.9 Å². The maximum absolute atomic E-state index is 9.48. The second kappa shape index (κ2) is 10.1. The number of rotatable bonds is 8. The number of aliphatic hydroxyl groups is 2. The molecule has 0 heterocycles. The first-order chi connectivity index (χ1) is 8.10. The van der Waals surface area contributed by atoms with Crippen LogP contribution in [0.4, 0.5) is 0 Å². The molecule has 0 fully saturated rings. The molecule has 0 aromatic carbocycles. The molecule has 1 unspecified atom stereocenters. The van der Waals surface area contributed by atoms with Gasteiger partial charge in [-0.3, -0.25) is 0 Å². The van der Waals surface area contributed by atoms with Gasteiger partial charge in [-0.05, 0) is 39.5 Å². The zero-order valence-electron chi connectivity index (χ0n) is 10.9. The summed E-state index contributed by atoms with van der Waals surface area (Å²) < 4.78 is 0. The summed E-state index contributed by atoms with van der Waals surface area (Å²) in [5.41, 5.74) is 2.50. The fraction of sp³-hybridized carbons (Fsp3) is 0.600. The van der Waals surface area contributed by atoms with Crippen LogP contribution in [0, 0.1) is 12.3 Å². The largest absolute Gasteiger partial charge is 0.392 e. The van der Waals surface area contributed by atoms with Crippen LogP contribution in [0.5, 0.6) is 0 Å². The Morgan fingerprint density at radius 3 is 2.47 bits per heavy atom. The fourth-order valence-electron chi connectivity index (χ4n) is 1.54. The molecular formula is C15H24O2. The van der Waals surface area contributed by atoms with Gasteiger partial charge in [0.15, 0.2) is 0 Å². The van der Waals surface area contributed by atoms with E-state index < -0.39 is 0 Å². The van der Waals surface area contributed by atoms with E-state index >= 15 is 0 Å². The Morgan fingerprint density at radius 1 is 1.24 bits per heavy atom. The van der Waals surface area contributed by atoms with E-state index in [0.29, 0.717) is 6.42 Å². The van der Waals surface area contributed by atoms with Crippen LogP contribution in [-0.4, -0.2) is 22.9 Å². The van der Waals surface area contributed by atoms with Crippen molar-refractivity contribution in [2.75, 3.05) is 6.61 Å². The molecule has 17 heavy (non-hydrogen) atoms. The van der Waals surface area contributed by atoms with Crippen LogP contribution >= 0.6 is 0 Å². The normalized spacial score (nSPS) is 14.5. The molecule has 0 bridgehead atoms. The summed E-state index contributed by atoms with van der Waals surface area (Å²) in [4.78, 5) is 0. The number of hydrogen-bond donors (Lipinski definition) is 2. The Kier molecular flexibility index (Phi) is 9.52. The molecule has 0 saturated carbocycles. The van der Waals surface area contributed by atoms with Crippen molar-refractivity contribution in [3.05, 3.63) is 23.3 Å². The van der Waals surface area contributed by atoms with Crippen molar-refractivity contribution in [3.8, 4) is 12.3 Å². The SMILES string of the molecule is C#CCC(O)CC/C(C)=C/CC/C(C)=C/CO. The summed E-state index contributed by atoms with van der Waals surface area (Å²) in [5, 5.41) is 18.2. The summed E-state index contributed by atoms with van der Waals surface area (Å²) in [5.74, 6) is 2.46. The molecule has 1 atom stereocenters. The standard InChI is InChI=1S/C15H24O2/c1-4-6-15(17)10-9-13(2)7-5-8-14(3)11-12-16/h1,7,11,15-17H,5-6,8-10,12H2,2-3H3/b13-7+,14-11+. The van der Waals surface area contributed by atoms with Gasteiger partial charge in [0.25, 0.3) is 0 Å². The van der Waals surface area contributed by atoms with Crippen LogP contribution in [-0.2, 0) is 0 Å². The minimum absolute atomic E-state index is 0.118. The van der Waals surface area contributed by atoms with Crippen LogP contribution in [0.15, 0.2) is 23.3 Å². The van der Waals surface area contributed by atoms with Gasteiger partial charge in [0.2, 0.25) is 0 Å². The first kappa shape index (κ1) is 16.0. The number of aliphatic hydroxyl groups excluding tert-OH is 2. The summed E-state index contributed by atoms with van der Waals surface area (Å²) in [6.45, 7) is 4.22. The van der Waals surface area contributed by atoms with E-state index in [4.69, 9.17) is 11.5 Å². The van der Waals surface area contributed by atoms with Gasteiger partial charge in [-0.25, -0.2) is 0 Å². The fourth-order valence-corrected chi connectivity index (χ4v) is 1.54. The van der Waals surface area contributed by atoms with Crippen LogP contribution in [0.2, 0.25) is 0 Å². The van der Waals surface area contributed by atoms with Gasteiger partial charge >= 0.3 is 0 Å². The van der Waals surface area contributed by atoms with Gasteiger partial charge < -0.3 is 10.2 Å². The van der Waals surface area contributed by atoms with Gasteiger partial charge in [0.05, 0.1) is 12.7 Å². The molecule has 2 N–H and O–H groups in total. The van der Waals surface area contributed by atoms with E-state index in [9.17, 15) is 5.11 Å². The molecule has 0 saturated heterocycles. The highest BCUT2D eigenvalue weighted by atomic mass is 16.3. The van der Waals surface area contributed by atoms with E-state index in [1.807, 2.05) is 13.0 Å². The molecule has 0 aromatic rings. The lowest BCUT2D eigenvalue weighted by Crippen LogP contribution is -2.04. The Balaban J connectivity index is 3.80. The molecule has 2 heteroatoms. The summed E-state index contributed by atoms with van der Waals surface area (Å²) >= 11 is 0. The molecular weight excluding hydrogens is 212 g/mol. The number of allylic oxidation sites excluding steroid dienone is 3. The quantitative estimate of drug-likeness (QED) is 0.502. The highest BCUT2D eigenvalue weighted by Crippen LogP contribution is 2.12. The molecule has 0 amide bonds. The maximum Gasteiger partial charge on any atom is 0.0652 e. The first-order valence-corrected chi connectivity index (χ1v) is 6.13. The maximum atomic E-state index is 9.48. The summed E-state index contributed by atoms with van der Waals surface area (Å²) in [6, 6.07) is 0. The smallest absolute Gasteiger partial charge is 0.0652 e. The van der Waals surface area contributed by atoms with Crippen LogP contribution in [0.3, 0.4) is 0 Å². The first-order valence-electron chi connectivity index (χ1n) is 6.13. The van der Waals surface area contributed by atoms with Gasteiger partial charge in [-0.15, -0.1) is 12.3 Å². The highest BCUT2D eigenvalue weighted by molar-refractivity contribution is 5.04. The minimum atomic E-state index is -0.376. The molecule has 96 valence electrons. The van der Waals surface area contributed by atoms with Crippen molar-refractivity contribution in [1.29, 1.82) is 0 Å². The molecule has 2 nitrogen and oxygen atoms in total. The Bertz CT molecular complexity index is 295. The van der Waals surface area contributed by atoms with Crippen molar-refractivity contribution >= 4 is 0 Å². The van der Waals surface area contributed by atoms with Crippen LogP contribution in [0.25, 0.3) is 0 Å². The van der Waals surface area contributed by atoms with Crippen molar-refractivity contribution in [2.45, 2.75) is 52.1 Å². The number of terminal acetylenes is 1. The summed E-state index contributed by atoms with van der Waals surface area (Å²) in [6.07, 6.45) is 12.8. The molecule has 0 aromatic heterocycles. The topological polar surface area (TPSA) is 40.5 Å². The Labute approximate surface area is 105 Å². The summed E-state index contributed by atoms with van der Waals surface area (Å²) in [7, 11) is 0. The van der Waals surface area contributed by atoms with E-state index in [-0.39, 0.29) is 12.7 Å². The third-order valence-corrected chi connectivity index (χ3v) is 2.70. The molecule has 0 aliphatic heterocycles. The van der Waals surface area contributed by atoms with Crippen molar-refractivity contribution in [1.82, 2.24) is 0 Å². The van der Waals surface area contributed by atoms with Gasteiger partial charge in [0.1, 0.15) is 0 Å². The lowest BCUT2D eigenvalue weighted by Gasteiger charge is -2.07. The second-order valence-electron chi connectivity index (χ2n) is 4.42. The lowest BCUT2D eigenvalue weighted by atomic mass is 10.0. The molecule has 0 aliphatic rings. The number of hydrogen-bond acceptors (Lipinski definition) is 2. The Morgan fingerprint density at radius 2 is 1.88 bits per heavy atom. The monoisotopic (exact) mass is 236 g/mol. The van der Waals surface area contributed by atoms with E-state index in [1.54, 1.807) is 0 Å². The predicted octanol–water partition coefficient (Wildman–Crippen LogP) is 2.82. The average molecular weight is 236 g/mol. The van der Waals surface area contributed by atoms with Crippen molar-refractivity contribution in [3.63, 3.8) is 0 Å². The molecule has 0 rings (SSSR count). The zero-order valence-corrected chi connectivity index (χ0v) is 10.9. The second-order valence-corrected chi connectivity index (χ2v) is 4.42. The van der Waals surface area contributed by atoms with Gasteiger partial charge in [0, 0.05) is 6.42 Å². The zero-order chi connectivity index (χ0) is 13.1. The van der Waals surface area contributed by atoms with Gasteiger partial charge in [-0.2, -0.15) is 0 Å².